The lowest BCUT2D eigenvalue weighted by Gasteiger charge is -2.05. The summed E-state index contributed by atoms with van der Waals surface area (Å²) in [6.45, 7) is 6.70. The first kappa shape index (κ1) is 10.2. The molecule has 0 radical (unpaired) electrons. The minimum absolute atomic E-state index is 0.280. The minimum atomic E-state index is -0.280. The summed E-state index contributed by atoms with van der Waals surface area (Å²) in [5.74, 6) is 0. The fourth-order valence-electron chi connectivity index (χ4n) is 1.19. The van der Waals surface area contributed by atoms with E-state index in [0.717, 1.165) is 6.61 Å². The van der Waals surface area contributed by atoms with Crippen LogP contribution in [0.4, 0.5) is 0 Å². The van der Waals surface area contributed by atoms with E-state index in [2.05, 4.69) is 25.6 Å². The Balaban J connectivity index is 2.59. The smallest absolute Gasteiger partial charge is 0.161 e. The van der Waals surface area contributed by atoms with Crippen LogP contribution in [0.25, 0.3) is 6.08 Å². The van der Waals surface area contributed by atoms with Gasteiger partial charge in [-0.3, -0.25) is 0 Å². The van der Waals surface area contributed by atoms with Crippen LogP contribution in [-0.4, -0.2) is 9.76 Å². The van der Waals surface area contributed by atoms with Crippen LogP contribution in [0.2, 0.25) is 6.04 Å². The SMILES string of the molecule is C=Cc1ccccc1CO[SiH2]CC. The standard InChI is InChI=1S/C11H16OSi/c1-3-10-7-5-6-8-11(10)9-12-13-4-2/h3,5-8H,1,4,9,13H2,2H3. The normalized spacial score (nSPS) is 10.8. The molecule has 0 fully saturated rings. The van der Waals surface area contributed by atoms with Crippen molar-refractivity contribution in [2.24, 2.45) is 0 Å². The van der Waals surface area contributed by atoms with Crippen molar-refractivity contribution in [2.75, 3.05) is 0 Å². The Labute approximate surface area is 82.4 Å². The highest BCUT2D eigenvalue weighted by Gasteiger charge is 1.96. The monoisotopic (exact) mass is 192 g/mol. The number of benzene rings is 1. The molecule has 1 rings (SSSR count). The van der Waals surface area contributed by atoms with Gasteiger partial charge in [0.2, 0.25) is 0 Å². The van der Waals surface area contributed by atoms with Crippen LogP contribution < -0.4 is 0 Å². The average molecular weight is 192 g/mol. The first-order valence-corrected chi connectivity index (χ1v) is 6.24. The lowest BCUT2D eigenvalue weighted by Crippen LogP contribution is -1.98. The molecule has 1 aromatic rings. The van der Waals surface area contributed by atoms with Gasteiger partial charge in [-0.25, -0.2) is 0 Å². The van der Waals surface area contributed by atoms with Crippen molar-refractivity contribution in [1.29, 1.82) is 0 Å². The molecular formula is C11H16OSi. The molecule has 0 unspecified atom stereocenters. The van der Waals surface area contributed by atoms with Gasteiger partial charge in [0.25, 0.3) is 0 Å². The van der Waals surface area contributed by atoms with E-state index in [0.29, 0.717) is 0 Å². The molecule has 0 aromatic heterocycles. The summed E-state index contributed by atoms with van der Waals surface area (Å²) < 4.78 is 5.60. The molecule has 70 valence electrons. The van der Waals surface area contributed by atoms with Crippen LogP contribution >= 0.6 is 0 Å². The second-order valence-electron chi connectivity index (χ2n) is 2.96. The molecule has 0 aliphatic heterocycles. The van der Waals surface area contributed by atoms with Gasteiger partial charge in [-0.1, -0.05) is 43.8 Å². The highest BCUT2D eigenvalue weighted by atomic mass is 28.2. The first-order valence-electron chi connectivity index (χ1n) is 4.66. The molecule has 0 spiro atoms. The molecule has 0 N–H and O–H groups in total. The lowest BCUT2D eigenvalue weighted by molar-refractivity contribution is 0.324. The van der Waals surface area contributed by atoms with E-state index in [4.69, 9.17) is 4.43 Å². The van der Waals surface area contributed by atoms with Gasteiger partial charge in [-0.05, 0) is 17.2 Å². The van der Waals surface area contributed by atoms with Gasteiger partial charge in [-0.15, -0.1) is 0 Å². The Morgan fingerprint density at radius 2 is 2.23 bits per heavy atom. The predicted octanol–water partition coefficient (Wildman–Crippen LogP) is 2.37. The molecule has 0 amide bonds. The number of hydrogen-bond donors (Lipinski definition) is 0. The summed E-state index contributed by atoms with van der Waals surface area (Å²) in [5.41, 5.74) is 2.44. The quantitative estimate of drug-likeness (QED) is 0.514. The van der Waals surface area contributed by atoms with E-state index < -0.39 is 0 Å². The number of rotatable bonds is 5. The van der Waals surface area contributed by atoms with Crippen molar-refractivity contribution in [3.63, 3.8) is 0 Å². The highest BCUT2D eigenvalue weighted by molar-refractivity contribution is 6.26. The first-order chi connectivity index (χ1) is 6.38. The molecule has 0 heterocycles. The van der Waals surface area contributed by atoms with Crippen LogP contribution in [0.1, 0.15) is 18.1 Å². The van der Waals surface area contributed by atoms with Crippen molar-refractivity contribution in [3.05, 3.63) is 42.0 Å². The zero-order chi connectivity index (χ0) is 9.52. The van der Waals surface area contributed by atoms with Gasteiger partial charge in [0.1, 0.15) is 0 Å². The second kappa shape index (κ2) is 5.73. The fourth-order valence-corrected chi connectivity index (χ4v) is 1.84. The van der Waals surface area contributed by atoms with Crippen molar-refractivity contribution >= 4 is 15.8 Å². The van der Waals surface area contributed by atoms with Crippen molar-refractivity contribution < 1.29 is 4.43 Å². The summed E-state index contributed by atoms with van der Waals surface area (Å²) in [6, 6.07) is 9.44. The van der Waals surface area contributed by atoms with Gasteiger partial charge >= 0.3 is 0 Å². The van der Waals surface area contributed by atoms with Crippen molar-refractivity contribution in [3.8, 4) is 0 Å². The third-order valence-corrected chi connectivity index (χ3v) is 2.78. The Kier molecular flexibility index (Phi) is 4.50. The molecule has 0 bridgehead atoms. The van der Waals surface area contributed by atoms with Gasteiger partial charge in [0.05, 0.1) is 6.61 Å². The van der Waals surface area contributed by atoms with Gasteiger partial charge in [-0.2, -0.15) is 0 Å². The van der Waals surface area contributed by atoms with Crippen molar-refractivity contribution in [1.82, 2.24) is 0 Å². The molecule has 2 heteroatoms. The maximum Gasteiger partial charge on any atom is 0.161 e. The van der Waals surface area contributed by atoms with E-state index in [1.165, 1.54) is 17.2 Å². The third kappa shape index (κ3) is 3.17. The third-order valence-electron chi connectivity index (χ3n) is 1.88. The summed E-state index contributed by atoms with van der Waals surface area (Å²) in [6.07, 6.45) is 1.88. The molecule has 1 aromatic carbocycles. The Morgan fingerprint density at radius 1 is 1.46 bits per heavy atom. The fraction of sp³-hybridized carbons (Fsp3) is 0.273. The van der Waals surface area contributed by atoms with E-state index in [9.17, 15) is 0 Å². The largest absolute Gasteiger partial charge is 0.420 e. The van der Waals surface area contributed by atoms with E-state index in [1.807, 2.05) is 18.2 Å². The van der Waals surface area contributed by atoms with Crippen LogP contribution in [0, 0.1) is 0 Å². The number of hydrogen-bond acceptors (Lipinski definition) is 1. The second-order valence-corrected chi connectivity index (χ2v) is 4.77. The molecule has 13 heavy (non-hydrogen) atoms. The average Bonchev–Trinajstić information content (AvgIpc) is 2.19. The van der Waals surface area contributed by atoms with Crippen molar-refractivity contribution in [2.45, 2.75) is 19.6 Å². The molecule has 0 aliphatic carbocycles. The zero-order valence-electron chi connectivity index (χ0n) is 8.12. The Bertz CT molecular complexity index is 271. The van der Waals surface area contributed by atoms with Crippen LogP contribution in [0.15, 0.2) is 30.8 Å². The predicted molar refractivity (Wildman–Crippen MR) is 60.3 cm³/mol. The maximum atomic E-state index is 5.60. The van der Waals surface area contributed by atoms with Gasteiger partial charge in [0.15, 0.2) is 9.76 Å². The van der Waals surface area contributed by atoms with E-state index in [1.54, 1.807) is 0 Å². The summed E-state index contributed by atoms with van der Waals surface area (Å²) in [4.78, 5) is 0. The maximum absolute atomic E-state index is 5.60. The van der Waals surface area contributed by atoms with Crippen LogP contribution in [-0.2, 0) is 11.0 Å². The summed E-state index contributed by atoms with van der Waals surface area (Å²) in [5, 5.41) is 0. The Morgan fingerprint density at radius 3 is 2.92 bits per heavy atom. The van der Waals surface area contributed by atoms with E-state index in [-0.39, 0.29) is 9.76 Å². The van der Waals surface area contributed by atoms with Gasteiger partial charge in [0, 0.05) is 0 Å². The lowest BCUT2D eigenvalue weighted by atomic mass is 10.1. The van der Waals surface area contributed by atoms with Crippen LogP contribution in [0.5, 0.6) is 0 Å². The molecule has 1 nitrogen and oxygen atoms in total. The highest BCUT2D eigenvalue weighted by Crippen LogP contribution is 2.10. The molecule has 0 saturated heterocycles. The molecule has 0 aliphatic rings. The topological polar surface area (TPSA) is 9.23 Å². The Hall–Kier alpha value is -0.863. The molecule has 0 saturated carbocycles. The zero-order valence-corrected chi connectivity index (χ0v) is 9.54. The summed E-state index contributed by atoms with van der Waals surface area (Å²) >= 11 is 0. The van der Waals surface area contributed by atoms with E-state index >= 15 is 0 Å². The molecule has 0 atom stereocenters. The minimum Gasteiger partial charge on any atom is -0.420 e. The summed E-state index contributed by atoms with van der Waals surface area (Å²) in [7, 11) is -0.280. The van der Waals surface area contributed by atoms with Crippen LogP contribution in [0.3, 0.4) is 0 Å². The molecular weight excluding hydrogens is 176 g/mol. The van der Waals surface area contributed by atoms with Gasteiger partial charge < -0.3 is 4.43 Å².